The fourth-order valence-electron chi connectivity index (χ4n) is 16.2. The molecule has 0 fully saturated rings. The van der Waals surface area contributed by atoms with Crippen LogP contribution in [0.4, 0.5) is 51.7 Å². The zero-order chi connectivity index (χ0) is 73.7. The largest absolute Gasteiger partial charge is 0.457 e. The Morgan fingerprint density at radius 3 is 0.953 bits per heavy atom. The van der Waals surface area contributed by atoms with Gasteiger partial charge >= 0.3 is 0 Å². The van der Waals surface area contributed by atoms with Crippen LogP contribution in [0.5, 0.6) is 23.0 Å². The van der Waals surface area contributed by atoms with Gasteiger partial charge in [-0.1, -0.05) is 237 Å². The van der Waals surface area contributed by atoms with Crippen molar-refractivity contribution in [2.75, 3.05) is 9.80 Å². The van der Waals surface area contributed by atoms with Gasteiger partial charge in [0.2, 0.25) is 0 Å². The Labute approximate surface area is 625 Å². The maximum absolute atomic E-state index is 16.0. The van der Waals surface area contributed by atoms with Gasteiger partial charge in [-0.3, -0.25) is 0 Å². The summed E-state index contributed by atoms with van der Waals surface area (Å²) >= 11 is 1.59. The molecule has 0 amide bonds. The van der Waals surface area contributed by atoms with Crippen molar-refractivity contribution in [3.63, 3.8) is 0 Å². The summed E-state index contributed by atoms with van der Waals surface area (Å²) in [7, 11) is 0. The van der Waals surface area contributed by atoms with Crippen molar-refractivity contribution in [2.45, 2.75) is 63.2 Å². The monoisotopic (exact) mass is 1420 g/mol. The second kappa shape index (κ2) is 26.4. The molecule has 2 atom stereocenters. The van der Waals surface area contributed by atoms with Gasteiger partial charge in [-0.25, -0.2) is 17.6 Å². The van der Waals surface area contributed by atoms with Crippen molar-refractivity contribution in [1.29, 1.82) is 0 Å². The van der Waals surface area contributed by atoms with Crippen molar-refractivity contribution in [3.8, 4) is 45.3 Å². The van der Waals surface area contributed by atoms with E-state index in [1.165, 1.54) is 35.4 Å². The number of ether oxygens (including phenoxy) is 2. The number of rotatable bonds is 16. The van der Waals surface area contributed by atoms with E-state index in [2.05, 4.69) is 237 Å². The molecule has 2 unspecified atom stereocenters. The van der Waals surface area contributed by atoms with Gasteiger partial charge in [-0.2, -0.15) is 0 Å². The zero-order valence-electron chi connectivity index (χ0n) is 60.1. The van der Waals surface area contributed by atoms with Crippen molar-refractivity contribution in [3.05, 3.63) is 407 Å². The number of hydrogen-bond acceptors (Lipinski definition) is 5. The standard InChI is InChI=1S/C98H74F4N2O2S/c1-9-61-19-41-75(42-20-61)105-77-45-31-67(32-46-77)97(65-27-23-63(24-28-65)95(3,4)5)85-17-13-11-15-79(85)81-49-35-69(55-87(81)97)103(71-39-53-89(99)91(101)57-71)73-37-51-83-84-52-38-74(60-94(84)107-93(83)59-73)104(72-40-54-90(100)92(102)58-72)70-36-50-82-80-16-12-14-18-86(80)98(88(82)56-70,66-29-25-64(26-30-66)96(6,7)8)68-33-47-78(48-34-68)106-76-43-21-62(10-2)22-44-76/h9-60H,1-2H2,3-8H3. The fourth-order valence-corrected chi connectivity index (χ4v) is 17.3. The van der Waals surface area contributed by atoms with Gasteiger partial charge in [0.25, 0.3) is 0 Å². The van der Waals surface area contributed by atoms with Crippen molar-refractivity contribution in [1.82, 2.24) is 0 Å². The molecule has 0 spiro atoms. The minimum absolute atomic E-state index is 0.111. The molecule has 0 radical (unpaired) electrons. The first kappa shape index (κ1) is 67.8. The summed E-state index contributed by atoms with van der Waals surface area (Å²) in [5.41, 5.74) is 18.8. The SMILES string of the molecule is C=Cc1ccc(Oc2ccc(C3(c4ccc(C(C)(C)C)cc4)c4ccccc4-c4ccc(N(c5ccc(F)c(F)c5)c5ccc6c(c5)sc5cc(N(c7ccc(F)c(F)c7)c7ccc8c(c7)C(c7ccc(Oc9ccc(C=C)cc9)cc7)(c7ccc(C(C)(C)C)cc7)c7ccccc7-8)ccc56)cc43)cc2)cc1. The lowest BCUT2D eigenvalue weighted by Gasteiger charge is -2.35. The summed E-state index contributed by atoms with van der Waals surface area (Å²) in [4.78, 5) is 4.01. The molecule has 14 aromatic carbocycles. The van der Waals surface area contributed by atoms with Crippen LogP contribution in [0.1, 0.15) is 108 Å². The molecule has 2 aliphatic rings. The summed E-state index contributed by atoms with van der Waals surface area (Å²) in [6.07, 6.45) is 3.61. The zero-order valence-corrected chi connectivity index (χ0v) is 60.9. The van der Waals surface area contributed by atoms with Crippen LogP contribution in [0.15, 0.2) is 316 Å². The molecule has 15 aromatic rings. The van der Waals surface area contributed by atoms with E-state index >= 15 is 17.6 Å². The van der Waals surface area contributed by atoms with Gasteiger partial charge < -0.3 is 19.3 Å². The number of benzene rings is 14. The molecule has 0 aliphatic heterocycles. The lowest BCUT2D eigenvalue weighted by molar-refractivity contribution is 0.482. The minimum atomic E-state index is -0.978. The number of anilines is 6. The number of fused-ring (bicyclic) bond motifs is 9. The van der Waals surface area contributed by atoms with Gasteiger partial charge in [0.1, 0.15) is 23.0 Å². The van der Waals surface area contributed by atoms with Gasteiger partial charge in [-0.05, 0) is 221 Å². The van der Waals surface area contributed by atoms with Crippen LogP contribution >= 0.6 is 11.3 Å². The average Bonchev–Trinajstić information content (AvgIpc) is 1.55. The highest BCUT2D eigenvalue weighted by molar-refractivity contribution is 7.25. The highest BCUT2D eigenvalue weighted by Gasteiger charge is 2.49. The highest BCUT2D eigenvalue weighted by Crippen LogP contribution is 2.60. The summed E-state index contributed by atoms with van der Waals surface area (Å²) in [6, 6.07) is 101. The summed E-state index contributed by atoms with van der Waals surface area (Å²) in [5.74, 6) is -1.09. The second-order valence-corrected chi connectivity index (χ2v) is 30.9. The van der Waals surface area contributed by atoms with E-state index in [4.69, 9.17) is 9.47 Å². The second-order valence-electron chi connectivity index (χ2n) is 29.8. The lowest BCUT2D eigenvalue weighted by atomic mass is 9.67. The van der Waals surface area contributed by atoms with E-state index in [9.17, 15) is 0 Å². The van der Waals surface area contributed by atoms with Crippen LogP contribution in [0.2, 0.25) is 0 Å². The molecular formula is C98H74F4N2O2S. The quantitative estimate of drug-likeness (QED) is 0.0900. The van der Waals surface area contributed by atoms with Gasteiger partial charge in [-0.15, -0.1) is 11.3 Å². The molecule has 2 aliphatic carbocycles. The molecule has 0 saturated carbocycles. The van der Waals surface area contributed by atoms with Gasteiger partial charge in [0.05, 0.1) is 10.8 Å². The van der Waals surface area contributed by atoms with Crippen LogP contribution in [-0.4, -0.2) is 0 Å². The minimum Gasteiger partial charge on any atom is -0.457 e. The molecule has 0 bridgehead atoms. The first-order valence-corrected chi connectivity index (χ1v) is 36.8. The van der Waals surface area contributed by atoms with Crippen LogP contribution in [-0.2, 0) is 21.7 Å². The van der Waals surface area contributed by atoms with Crippen LogP contribution in [0.25, 0.3) is 54.6 Å². The predicted octanol–water partition coefficient (Wildman–Crippen LogP) is 27.7. The van der Waals surface area contributed by atoms with Crippen molar-refractivity contribution < 1.29 is 27.0 Å². The van der Waals surface area contributed by atoms with Crippen molar-refractivity contribution in [2.24, 2.45) is 0 Å². The van der Waals surface area contributed by atoms with E-state index in [-0.39, 0.29) is 10.8 Å². The number of nitrogens with zero attached hydrogens (tertiary/aromatic N) is 2. The average molecular weight is 1420 g/mol. The summed E-state index contributed by atoms with van der Waals surface area (Å²) in [6.45, 7) is 21.2. The van der Waals surface area contributed by atoms with Crippen LogP contribution in [0.3, 0.4) is 0 Å². The molecule has 0 N–H and O–H groups in total. The molecule has 522 valence electrons. The Kier molecular flexibility index (Phi) is 16.7. The molecule has 1 aromatic heterocycles. The highest BCUT2D eigenvalue weighted by atomic mass is 32.1. The van der Waals surface area contributed by atoms with Crippen LogP contribution in [0, 0.1) is 23.3 Å². The molecular weight excluding hydrogens is 1350 g/mol. The Morgan fingerprint density at radius 1 is 0.308 bits per heavy atom. The third kappa shape index (κ3) is 11.7. The number of hydrogen-bond donors (Lipinski definition) is 0. The summed E-state index contributed by atoms with van der Waals surface area (Å²) < 4.78 is 77.5. The Hall–Kier alpha value is -12.3. The predicted molar refractivity (Wildman–Crippen MR) is 434 cm³/mol. The first-order chi connectivity index (χ1) is 51.8. The van der Waals surface area contributed by atoms with E-state index in [0.717, 1.165) is 109 Å². The number of halogens is 4. The topological polar surface area (TPSA) is 24.9 Å². The van der Waals surface area contributed by atoms with Gasteiger partial charge in [0.15, 0.2) is 23.3 Å². The van der Waals surface area contributed by atoms with E-state index in [1.807, 2.05) is 94.7 Å². The molecule has 9 heteroatoms. The smallest absolute Gasteiger partial charge is 0.160 e. The third-order valence-electron chi connectivity index (χ3n) is 21.5. The molecule has 0 saturated heterocycles. The van der Waals surface area contributed by atoms with Crippen molar-refractivity contribution >= 4 is 77.8 Å². The maximum Gasteiger partial charge on any atom is 0.160 e. The molecule has 1 heterocycles. The molecule has 107 heavy (non-hydrogen) atoms. The maximum atomic E-state index is 16.0. The normalized spacial score (nSPS) is 15.0. The third-order valence-corrected chi connectivity index (χ3v) is 22.6. The van der Waals surface area contributed by atoms with E-state index in [0.29, 0.717) is 45.7 Å². The van der Waals surface area contributed by atoms with E-state index < -0.39 is 34.1 Å². The van der Waals surface area contributed by atoms with Crippen LogP contribution < -0.4 is 19.3 Å². The number of thiophene rings is 1. The van der Waals surface area contributed by atoms with E-state index in [1.54, 1.807) is 35.6 Å². The Bertz CT molecular complexity index is 5630. The Morgan fingerprint density at radius 2 is 0.607 bits per heavy atom. The summed E-state index contributed by atoms with van der Waals surface area (Å²) in [5, 5.41) is 1.96. The Balaban J connectivity index is 0.801. The molecule has 17 rings (SSSR count). The first-order valence-electron chi connectivity index (χ1n) is 36.0. The van der Waals surface area contributed by atoms with Gasteiger partial charge in [0, 0.05) is 66.4 Å². The lowest BCUT2D eigenvalue weighted by Crippen LogP contribution is -2.29. The fraction of sp³-hybridized carbons (Fsp3) is 0.102. The molecule has 4 nitrogen and oxygen atoms in total.